The number of unbranched alkanes of at least 4 members (excludes halogenated alkanes) is 9. The van der Waals surface area contributed by atoms with Crippen LogP contribution < -0.4 is 0 Å². The van der Waals surface area contributed by atoms with Crippen molar-refractivity contribution in [3.8, 4) is 0 Å². The van der Waals surface area contributed by atoms with Gasteiger partial charge in [-0.05, 0) is 38.5 Å². The molecule has 1 fully saturated rings. The summed E-state index contributed by atoms with van der Waals surface area (Å²) in [5.74, 6) is -0.184. The van der Waals surface area contributed by atoms with E-state index in [1.165, 1.54) is 38.5 Å². The van der Waals surface area contributed by atoms with Crippen molar-refractivity contribution in [3.63, 3.8) is 0 Å². The predicted molar refractivity (Wildman–Crippen MR) is 110 cm³/mol. The Hall–Kier alpha value is -1.06. The molecular weight excluding hydrogens is 340 g/mol. The van der Waals surface area contributed by atoms with Crippen molar-refractivity contribution in [3.05, 3.63) is 0 Å². The fourth-order valence-corrected chi connectivity index (χ4v) is 3.73. The van der Waals surface area contributed by atoms with Gasteiger partial charge in [0.25, 0.3) is 0 Å². The van der Waals surface area contributed by atoms with Crippen LogP contribution in [0.5, 0.6) is 0 Å². The Morgan fingerprint density at radius 1 is 0.593 bits per heavy atom. The van der Waals surface area contributed by atoms with E-state index in [0.717, 1.165) is 57.8 Å². The number of carbonyl (C=O) groups is 2. The zero-order valence-corrected chi connectivity index (χ0v) is 17.8. The molecule has 1 aliphatic carbocycles. The maximum absolute atomic E-state index is 12.2. The average Bonchev–Trinajstić information content (AvgIpc) is 2.69. The molecular formula is C23H42O4. The van der Waals surface area contributed by atoms with Crippen LogP contribution in [0.2, 0.25) is 0 Å². The molecule has 4 heteroatoms. The summed E-state index contributed by atoms with van der Waals surface area (Å²) in [7, 11) is 0. The van der Waals surface area contributed by atoms with Gasteiger partial charge in [0.2, 0.25) is 0 Å². The summed E-state index contributed by atoms with van der Waals surface area (Å²) in [5.41, 5.74) is 0. The Balaban J connectivity index is 2.02. The van der Waals surface area contributed by atoms with Gasteiger partial charge < -0.3 is 9.47 Å². The zero-order chi connectivity index (χ0) is 19.7. The molecule has 0 spiro atoms. The van der Waals surface area contributed by atoms with Gasteiger partial charge in [0, 0.05) is 0 Å². The molecule has 1 saturated carbocycles. The lowest BCUT2D eigenvalue weighted by Gasteiger charge is -2.26. The molecule has 0 radical (unpaired) electrons. The second-order valence-corrected chi connectivity index (χ2v) is 8.07. The summed E-state index contributed by atoms with van der Waals surface area (Å²) < 4.78 is 10.8. The minimum Gasteiger partial charge on any atom is -0.465 e. The van der Waals surface area contributed by atoms with E-state index in [1.807, 2.05) is 0 Å². The topological polar surface area (TPSA) is 52.6 Å². The summed E-state index contributed by atoms with van der Waals surface area (Å²) in [6.45, 7) is 5.46. The Morgan fingerprint density at radius 2 is 0.926 bits per heavy atom. The van der Waals surface area contributed by atoms with Crippen molar-refractivity contribution in [2.45, 2.75) is 110 Å². The van der Waals surface area contributed by atoms with Crippen LogP contribution in [0.15, 0.2) is 0 Å². The number of ether oxygens (including phenoxy) is 2. The first kappa shape index (κ1) is 24.0. The number of carbonyl (C=O) groups excluding carboxylic acids is 2. The lowest BCUT2D eigenvalue weighted by molar-refractivity contribution is -0.155. The molecule has 0 unspecified atom stereocenters. The van der Waals surface area contributed by atoms with Crippen LogP contribution in [-0.4, -0.2) is 25.2 Å². The molecule has 27 heavy (non-hydrogen) atoms. The van der Waals surface area contributed by atoms with Gasteiger partial charge in [-0.3, -0.25) is 9.59 Å². The maximum atomic E-state index is 12.2. The molecule has 0 aromatic rings. The minimum atomic E-state index is -0.0724. The summed E-state index contributed by atoms with van der Waals surface area (Å²) in [6, 6.07) is 0. The molecule has 0 bridgehead atoms. The molecule has 0 atom stereocenters. The van der Waals surface area contributed by atoms with E-state index in [4.69, 9.17) is 9.47 Å². The summed E-state index contributed by atoms with van der Waals surface area (Å²) >= 11 is 0. The van der Waals surface area contributed by atoms with Crippen molar-refractivity contribution >= 4 is 11.9 Å². The Morgan fingerprint density at radius 3 is 1.37 bits per heavy atom. The Labute approximate surface area is 166 Å². The standard InChI is InChI=1S/C23H42O4/c1-3-5-7-8-9-10-11-13-19-27-23(25)21-16-14-20(15-17-21)22(24)26-18-12-6-4-2/h20-21H,3-19H2,1-2H3. The van der Waals surface area contributed by atoms with Gasteiger partial charge in [-0.1, -0.05) is 71.6 Å². The largest absolute Gasteiger partial charge is 0.465 e. The second kappa shape index (κ2) is 15.9. The first-order valence-corrected chi connectivity index (χ1v) is 11.5. The third-order valence-corrected chi connectivity index (χ3v) is 5.63. The van der Waals surface area contributed by atoms with Crippen molar-refractivity contribution in [1.29, 1.82) is 0 Å². The summed E-state index contributed by atoms with van der Waals surface area (Å²) in [4.78, 5) is 24.2. The summed E-state index contributed by atoms with van der Waals surface area (Å²) in [6.07, 6.45) is 16.2. The molecule has 1 aliphatic rings. The van der Waals surface area contributed by atoms with Crippen LogP contribution in [0.3, 0.4) is 0 Å². The van der Waals surface area contributed by atoms with E-state index in [9.17, 15) is 9.59 Å². The first-order valence-electron chi connectivity index (χ1n) is 11.5. The fraction of sp³-hybridized carbons (Fsp3) is 0.913. The van der Waals surface area contributed by atoms with Gasteiger partial charge in [0.1, 0.15) is 0 Å². The zero-order valence-electron chi connectivity index (χ0n) is 17.8. The third kappa shape index (κ3) is 11.4. The molecule has 1 rings (SSSR count). The van der Waals surface area contributed by atoms with Crippen LogP contribution in [-0.2, 0) is 19.1 Å². The van der Waals surface area contributed by atoms with E-state index >= 15 is 0 Å². The van der Waals surface area contributed by atoms with Gasteiger partial charge in [0.15, 0.2) is 0 Å². The van der Waals surface area contributed by atoms with Crippen LogP contribution in [0.25, 0.3) is 0 Å². The van der Waals surface area contributed by atoms with Gasteiger partial charge in [-0.15, -0.1) is 0 Å². The van der Waals surface area contributed by atoms with Gasteiger partial charge in [0.05, 0.1) is 25.0 Å². The van der Waals surface area contributed by atoms with Crippen LogP contribution in [0.1, 0.15) is 110 Å². The molecule has 4 nitrogen and oxygen atoms in total. The van der Waals surface area contributed by atoms with Gasteiger partial charge in [-0.25, -0.2) is 0 Å². The molecule has 158 valence electrons. The number of esters is 2. The summed E-state index contributed by atoms with van der Waals surface area (Å²) in [5, 5.41) is 0. The lowest BCUT2D eigenvalue weighted by Crippen LogP contribution is -2.28. The number of hydrogen-bond donors (Lipinski definition) is 0. The van der Waals surface area contributed by atoms with Crippen molar-refractivity contribution in [2.75, 3.05) is 13.2 Å². The van der Waals surface area contributed by atoms with E-state index in [-0.39, 0.29) is 23.8 Å². The maximum Gasteiger partial charge on any atom is 0.308 e. The van der Waals surface area contributed by atoms with E-state index in [1.54, 1.807) is 0 Å². The SMILES string of the molecule is CCCCCCCCCCOC(=O)C1CCC(C(=O)OCCCCC)CC1. The molecule has 0 aliphatic heterocycles. The Bertz CT molecular complexity index is 386. The number of rotatable bonds is 15. The van der Waals surface area contributed by atoms with Crippen LogP contribution in [0, 0.1) is 11.8 Å². The molecule has 0 aromatic carbocycles. The predicted octanol–water partition coefficient (Wildman–Crippen LogP) is 6.21. The van der Waals surface area contributed by atoms with Crippen LogP contribution in [0.4, 0.5) is 0 Å². The van der Waals surface area contributed by atoms with E-state index < -0.39 is 0 Å². The minimum absolute atomic E-state index is 0.0246. The van der Waals surface area contributed by atoms with Gasteiger partial charge >= 0.3 is 11.9 Å². The fourth-order valence-electron chi connectivity index (χ4n) is 3.73. The van der Waals surface area contributed by atoms with Gasteiger partial charge in [-0.2, -0.15) is 0 Å². The Kier molecular flexibility index (Phi) is 14.2. The van der Waals surface area contributed by atoms with Crippen molar-refractivity contribution in [2.24, 2.45) is 11.8 Å². The number of hydrogen-bond acceptors (Lipinski definition) is 4. The smallest absolute Gasteiger partial charge is 0.308 e. The normalized spacial score (nSPS) is 19.6. The molecule has 0 aromatic heterocycles. The highest BCUT2D eigenvalue weighted by Crippen LogP contribution is 2.30. The first-order chi connectivity index (χ1) is 13.2. The van der Waals surface area contributed by atoms with E-state index in [2.05, 4.69) is 13.8 Å². The van der Waals surface area contributed by atoms with E-state index in [0.29, 0.717) is 13.2 Å². The highest BCUT2D eigenvalue weighted by Gasteiger charge is 2.31. The third-order valence-electron chi connectivity index (χ3n) is 5.63. The average molecular weight is 383 g/mol. The lowest BCUT2D eigenvalue weighted by atomic mass is 9.82. The van der Waals surface area contributed by atoms with Crippen molar-refractivity contribution < 1.29 is 19.1 Å². The van der Waals surface area contributed by atoms with Crippen LogP contribution >= 0.6 is 0 Å². The monoisotopic (exact) mass is 382 g/mol. The second-order valence-electron chi connectivity index (χ2n) is 8.07. The molecule has 0 saturated heterocycles. The quantitative estimate of drug-likeness (QED) is 0.249. The highest BCUT2D eigenvalue weighted by atomic mass is 16.5. The molecule has 0 heterocycles. The van der Waals surface area contributed by atoms with Crippen molar-refractivity contribution in [1.82, 2.24) is 0 Å². The highest BCUT2D eigenvalue weighted by molar-refractivity contribution is 5.75. The molecule has 0 amide bonds. The molecule has 0 N–H and O–H groups in total.